The smallest absolute Gasteiger partial charge is 0.324 e. The van der Waals surface area contributed by atoms with E-state index >= 15 is 0 Å². The molecule has 100 valence electrons. The van der Waals surface area contributed by atoms with Gasteiger partial charge in [-0.15, -0.1) is 0 Å². The fourth-order valence-corrected chi connectivity index (χ4v) is 2.86. The zero-order valence-electron chi connectivity index (χ0n) is 11.1. The van der Waals surface area contributed by atoms with E-state index in [1.54, 1.807) is 7.11 Å². The molecule has 0 aromatic heterocycles. The van der Waals surface area contributed by atoms with Gasteiger partial charge >= 0.3 is 5.97 Å². The quantitative estimate of drug-likeness (QED) is 0.726. The van der Waals surface area contributed by atoms with Crippen LogP contribution in [0, 0.1) is 0 Å². The van der Waals surface area contributed by atoms with Gasteiger partial charge in [-0.25, -0.2) is 0 Å². The first kappa shape index (κ1) is 14.5. The molecular weight excluding hydrogens is 218 g/mol. The van der Waals surface area contributed by atoms with Gasteiger partial charge in [0.25, 0.3) is 0 Å². The topological polar surface area (TPSA) is 49.8 Å². The first-order valence-corrected chi connectivity index (χ1v) is 6.64. The summed E-state index contributed by atoms with van der Waals surface area (Å²) >= 11 is 0. The van der Waals surface area contributed by atoms with Gasteiger partial charge in [-0.2, -0.15) is 0 Å². The molecule has 0 spiro atoms. The molecule has 0 aromatic carbocycles. The minimum absolute atomic E-state index is 0.600. The van der Waals surface area contributed by atoms with Gasteiger partial charge in [0.05, 0.1) is 6.61 Å². The molecule has 0 bridgehead atoms. The Balaban J connectivity index is 2.82. The summed E-state index contributed by atoms with van der Waals surface area (Å²) in [5, 5.41) is 9.63. The summed E-state index contributed by atoms with van der Waals surface area (Å²) in [6, 6.07) is 0. The van der Waals surface area contributed by atoms with Gasteiger partial charge < -0.3 is 9.84 Å². The molecule has 0 saturated heterocycles. The average Bonchev–Trinajstić information content (AvgIpc) is 2.57. The predicted octanol–water partition coefficient (Wildman–Crippen LogP) is 2.13. The Morgan fingerprint density at radius 3 is 2.29 bits per heavy atom. The number of aliphatic carboxylic acids is 1. The number of ether oxygens (including phenoxy) is 1. The summed E-state index contributed by atoms with van der Waals surface area (Å²) in [5.74, 6) is -0.655. The summed E-state index contributed by atoms with van der Waals surface area (Å²) in [6.45, 7) is 4.11. The summed E-state index contributed by atoms with van der Waals surface area (Å²) < 4.78 is 5.09. The number of carboxylic acids is 1. The van der Waals surface area contributed by atoms with Crippen LogP contribution in [0.25, 0.3) is 0 Å². The molecule has 1 fully saturated rings. The van der Waals surface area contributed by atoms with Crippen LogP contribution in [-0.2, 0) is 9.53 Å². The standard InChI is InChI=1S/C13H25NO3/c1-3-14(10-11-17-2)13(12(15)16)8-6-4-5-7-9-13/h3-11H2,1-2H3,(H,15,16). The van der Waals surface area contributed by atoms with Crippen LogP contribution in [0.15, 0.2) is 0 Å². The third-order valence-electron chi connectivity index (χ3n) is 3.88. The number of rotatable bonds is 6. The molecule has 0 unspecified atom stereocenters. The maximum Gasteiger partial charge on any atom is 0.324 e. The van der Waals surface area contributed by atoms with Crippen LogP contribution in [0.1, 0.15) is 45.4 Å². The van der Waals surface area contributed by atoms with E-state index in [4.69, 9.17) is 4.74 Å². The lowest BCUT2D eigenvalue weighted by atomic mass is 9.88. The van der Waals surface area contributed by atoms with Crippen molar-refractivity contribution in [3.05, 3.63) is 0 Å². The second-order valence-electron chi connectivity index (χ2n) is 4.82. The highest BCUT2D eigenvalue weighted by atomic mass is 16.5. The van der Waals surface area contributed by atoms with Gasteiger partial charge in [-0.1, -0.05) is 32.6 Å². The number of hydrogen-bond acceptors (Lipinski definition) is 3. The molecular formula is C13H25NO3. The fourth-order valence-electron chi connectivity index (χ4n) is 2.86. The first-order valence-electron chi connectivity index (χ1n) is 6.64. The molecule has 1 aliphatic carbocycles. The van der Waals surface area contributed by atoms with Crippen molar-refractivity contribution in [2.24, 2.45) is 0 Å². The number of carboxylic acid groups (broad SMARTS) is 1. The van der Waals surface area contributed by atoms with Crippen LogP contribution in [0.4, 0.5) is 0 Å². The molecule has 0 atom stereocenters. The lowest BCUT2D eigenvalue weighted by Gasteiger charge is -2.39. The Bertz CT molecular complexity index is 235. The monoisotopic (exact) mass is 243 g/mol. The molecule has 4 heteroatoms. The predicted molar refractivity (Wildman–Crippen MR) is 67.2 cm³/mol. The molecule has 0 aromatic rings. The Hall–Kier alpha value is -0.610. The highest BCUT2D eigenvalue weighted by Crippen LogP contribution is 2.32. The Morgan fingerprint density at radius 2 is 1.88 bits per heavy atom. The van der Waals surface area contributed by atoms with Gasteiger partial charge in [0.2, 0.25) is 0 Å². The normalized spacial score (nSPS) is 20.2. The van der Waals surface area contributed by atoms with Gasteiger partial charge in [-0.05, 0) is 19.4 Å². The first-order chi connectivity index (χ1) is 8.17. The van der Waals surface area contributed by atoms with Crippen molar-refractivity contribution in [2.45, 2.75) is 51.0 Å². The van der Waals surface area contributed by atoms with Crippen molar-refractivity contribution >= 4 is 5.97 Å². The lowest BCUT2D eigenvalue weighted by Crippen LogP contribution is -2.55. The van der Waals surface area contributed by atoms with Crippen LogP contribution < -0.4 is 0 Å². The Morgan fingerprint density at radius 1 is 1.29 bits per heavy atom. The third-order valence-corrected chi connectivity index (χ3v) is 3.88. The van der Waals surface area contributed by atoms with Crippen molar-refractivity contribution in [1.82, 2.24) is 4.90 Å². The molecule has 0 heterocycles. The van der Waals surface area contributed by atoms with E-state index in [-0.39, 0.29) is 0 Å². The van der Waals surface area contributed by atoms with E-state index in [0.717, 1.165) is 45.1 Å². The molecule has 1 saturated carbocycles. The molecule has 0 aliphatic heterocycles. The highest BCUT2D eigenvalue weighted by Gasteiger charge is 2.43. The largest absolute Gasteiger partial charge is 0.480 e. The van der Waals surface area contributed by atoms with E-state index in [2.05, 4.69) is 4.90 Å². The van der Waals surface area contributed by atoms with Crippen LogP contribution in [-0.4, -0.2) is 48.3 Å². The van der Waals surface area contributed by atoms with E-state index in [0.29, 0.717) is 13.2 Å². The van der Waals surface area contributed by atoms with Gasteiger partial charge in [-0.3, -0.25) is 9.69 Å². The summed E-state index contributed by atoms with van der Waals surface area (Å²) in [5.41, 5.74) is -0.649. The Kier molecular flexibility index (Phi) is 5.92. The number of methoxy groups -OCH3 is 1. The molecule has 1 N–H and O–H groups in total. The number of nitrogens with zero attached hydrogens (tertiary/aromatic N) is 1. The summed E-state index contributed by atoms with van der Waals surface area (Å²) in [4.78, 5) is 13.8. The van der Waals surface area contributed by atoms with Gasteiger partial charge in [0.1, 0.15) is 5.54 Å². The highest BCUT2D eigenvalue weighted by molar-refractivity contribution is 5.78. The zero-order chi connectivity index (χ0) is 12.7. The van der Waals surface area contributed by atoms with Gasteiger partial charge in [0, 0.05) is 13.7 Å². The minimum atomic E-state index is -0.655. The molecule has 0 amide bonds. The van der Waals surface area contributed by atoms with Crippen LogP contribution in [0.2, 0.25) is 0 Å². The maximum atomic E-state index is 11.7. The molecule has 0 radical (unpaired) electrons. The van der Waals surface area contributed by atoms with Crippen molar-refractivity contribution in [2.75, 3.05) is 26.8 Å². The van der Waals surface area contributed by atoms with E-state index in [9.17, 15) is 9.90 Å². The van der Waals surface area contributed by atoms with Crippen LogP contribution in [0.5, 0.6) is 0 Å². The zero-order valence-corrected chi connectivity index (χ0v) is 11.1. The average molecular weight is 243 g/mol. The van der Waals surface area contributed by atoms with E-state index < -0.39 is 11.5 Å². The van der Waals surface area contributed by atoms with Crippen molar-refractivity contribution in [3.63, 3.8) is 0 Å². The van der Waals surface area contributed by atoms with Crippen LogP contribution >= 0.6 is 0 Å². The Labute approximate surface area is 104 Å². The van der Waals surface area contributed by atoms with Crippen LogP contribution in [0.3, 0.4) is 0 Å². The molecule has 1 rings (SSSR count). The van der Waals surface area contributed by atoms with Gasteiger partial charge in [0.15, 0.2) is 0 Å². The fraction of sp³-hybridized carbons (Fsp3) is 0.923. The van der Waals surface area contributed by atoms with Crippen molar-refractivity contribution < 1.29 is 14.6 Å². The SMILES string of the molecule is CCN(CCOC)C1(C(=O)O)CCCCCC1. The summed E-state index contributed by atoms with van der Waals surface area (Å²) in [6.07, 6.45) is 5.93. The third kappa shape index (κ3) is 3.42. The number of hydrogen-bond donors (Lipinski definition) is 1. The number of likely N-dealkylation sites (N-methyl/N-ethyl adjacent to an activating group) is 1. The number of carbonyl (C=O) groups is 1. The molecule has 17 heavy (non-hydrogen) atoms. The molecule has 4 nitrogen and oxygen atoms in total. The minimum Gasteiger partial charge on any atom is -0.480 e. The maximum absolute atomic E-state index is 11.7. The van der Waals surface area contributed by atoms with Crippen molar-refractivity contribution in [1.29, 1.82) is 0 Å². The summed E-state index contributed by atoms with van der Waals surface area (Å²) in [7, 11) is 1.66. The molecule has 1 aliphatic rings. The van der Waals surface area contributed by atoms with E-state index in [1.807, 2.05) is 6.92 Å². The van der Waals surface area contributed by atoms with Crippen molar-refractivity contribution in [3.8, 4) is 0 Å². The van der Waals surface area contributed by atoms with E-state index in [1.165, 1.54) is 0 Å². The second-order valence-corrected chi connectivity index (χ2v) is 4.82. The second kappa shape index (κ2) is 6.97. The lowest BCUT2D eigenvalue weighted by molar-refractivity contribution is -0.153.